The Labute approximate surface area is 231 Å². The zero-order chi connectivity index (χ0) is 27.2. The van der Waals surface area contributed by atoms with Gasteiger partial charge in [-0.05, 0) is 70.8 Å². The standard InChI is InChI=1S/C27H26F4IN3O3/c28-24(29)27(30,31)38-22-8-4-7-19(15-22)26(16-18-5-2-1-3-6-18,23-10-9-20(32)17-33-23)35-25(36)34-21-11-13-37-14-12-21/h1-10,15,17,21,24H,11-14,16H2,(H2,34,35,36)/t26-/m1/s1. The molecule has 1 aliphatic rings. The quantitative estimate of drug-likeness (QED) is 0.226. The first-order chi connectivity index (χ1) is 18.2. The second-order valence-electron chi connectivity index (χ2n) is 8.91. The molecule has 38 heavy (non-hydrogen) atoms. The summed E-state index contributed by atoms with van der Waals surface area (Å²) in [5.74, 6) is -0.470. The van der Waals surface area contributed by atoms with Crippen molar-refractivity contribution in [2.75, 3.05) is 13.2 Å². The van der Waals surface area contributed by atoms with E-state index in [9.17, 15) is 22.4 Å². The number of alkyl halides is 4. The molecule has 1 atom stereocenters. The highest BCUT2D eigenvalue weighted by Gasteiger charge is 2.44. The lowest BCUT2D eigenvalue weighted by Gasteiger charge is -2.36. The molecular weight excluding hydrogens is 617 g/mol. The van der Waals surface area contributed by atoms with Crippen LogP contribution in [-0.4, -0.2) is 42.8 Å². The summed E-state index contributed by atoms with van der Waals surface area (Å²) in [7, 11) is 0. The van der Waals surface area contributed by atoms with Crippen LogP contribution in [0.2, 0.25) is 0 Å². The van der Waals surface area contributed by atoms with Crippen LogP contribution in [0.3, 0.4) is 0 Å². The molecule has 202 valence electrons. The minimum Gasteiger partial charge on any atom is -0.428 e. The lowest BCUT2D eigenvalue weighted by molar-refractivity contribution is -0.253. The number of hydrogen-bond donors (Lipinski definition) is 2. The van der Waals surface area contributed by atoms with Crippen molar-refractivity contribution in [3.05, 3.63) is 93.3 Å². The number of halogens is 5. The van der Waals surface area contributed by atoms with E-state index < -0.39 is 29.9 Å². The first-order valence-corrected chi connectivity index (χ1v) is 13.0. The van der Waals surface area contributed by atoms with Crippen molar-refractivity contribution < 1.29 is 31.8 Å². The van der Waals surface area contributed by atoms with Crippen LogP contribution in [0.15, 0.2) is 72.9 Å². The van der Waals surface area contributed by atoms with Crippen LogP contribution < -0.4 is 15.4 Å². The third-order valence-electron chi connectivity index (χ3n) is 6.20. The number of hydrogen-bond acceptors (Lipinski definition) is 4. The van der Waals surface area contributed by atoms with E-state index in [0.29, 0.717) is 37.3 Å². The van der Waals surface area contributed by atoms with Gasteiger partial charge in [-0.2, -0.15) is 17.6 Å². The molecule has 1 aliphatic heterocycles. The summed E-state index contributed by atoms with van der Waals surface area (Å²) in [4.78, 5) is 18.0. The predicted molar refractivity (Wildman–Crippen MR) is 141 cm³/mol. The fourth-order valence-corrected chi connectivity index (χ4v) is 4.65. The number of nitrogens with zero attached hydrogens (tertiary/aromatic N) is 1. The molecule has 2 aromatic carbocycles. The van der Waals surface area contributed by atoms with Gasteiger partial charge in [0.1, 0.15) is 11.3 Å². The van der Waals surface area contributed by atoms with E-state index >= 15 is 0 Å². The molecule has 4 rings (SSSR count). The maximum absolute atomic E-state index is 13.8. The zero-order valence-corrected chi connectivity index (χ0v) is 22.3. The van der Waals surface area contributed by atoms with Gasteiger partial charge in [-0.3, -0.25) is 4.98 Å². The van der Waals surface area contributed by atoms with Gasteiger partial charge in [0.25, 0.3) is 0 Å². The number of amides is 2. The minimum absolute atomic E-state index is 0.109. The summed E-state index contributed by atoms with van der Waals surface area (Å²) in [6.45, 7) is 1.05. The van der Waals surface area contributed by atoms with Crippen molar-refractivity contribution in [1.82, 2.24) is 15.6 Å². The average molecular weight is 643 g/mol. The molecule has 0 spiro atoms. The number of carbonyl (C=O) groups excluding carboxylic acids is 1. The highest BCUT2D eigenvalue weighted by Crippen LogP contribution is 2.36. The number of nitrogens with one attached hydrogen (secondary N) is 2. The molecular formula is C27H26F4IN3O3. The van der Waals surface area contributed by atoms with Gasteiger partial charge in [0.2, 0.25) is 0 Å². The number of rotatable bonds is 9. The summed E-state index contributed by atoms with van der Waals surface area (Å²) in [6, 6.07) is 17.6. The number of carbonyl (C=O) groups is 1. The van der Waals surface area contributed by atoms with Crippen molar-refractivity contribution in [2.45, 2.75) is 43.4 Å². The van der Waals surface area contributed by atoms with Gasteiger partial charge < -0.3 is 20.1 Å². The number of pyridine rings is 1. The van der Waals surface area contributed by atoms with Gasteiger partial charge >= 0.3 is 18.6 Å². The minimum atomic E-state index is -4.68. The summed E-state index contributed by atoms with van der Waals surface area (Å²) in [6.07, 6.45) is -5.59. The summed E-state index contributed by atoms with van der Waals surface area (Å²) in [5, 5.41) is 6.01. The van der Waals surface area contributed by atoms with Gasteiger partial charge in [-0.25, -0.2) is 4.79 Å². The highest BCUT2D eigenvalue weighted by atomic mass is 127. The number of ether oxygens (including phenoxy) is 2. The third kappa shape index (κ3) is 6.93. The molecule has 1 aromatic heterocycles. The smallest absolute Gasteiger partial charge is 0.428 e. The van der Waals surface area contributed by atoms with Crippen LogP contribution >= 0.6 is 22.6 Å². The summed E-state index contributed by atoms with van der Waals surface area (Å²) in [5.41, 5.74) is 0.227. The second-order valence-corrected chi connectivity index (χ2v) is 10.2. The van der Waals surface area contributed by atoms with Crippen molar-refractivity contribution in [1.29, 1.82) is 0 Å². The molecule has 2 N–H and O–H groups in total. The molecule has 3 aromatic rings. The Balaban J connectivity index is 1.80. The molecule has 0 saturated carbocycles. The SMILES string of the molecule is O=C(NC1CCOCC1)N[C@](Cc1ccccc1)(c1cccc(OC(F)(F)C(F)F)c1)c1ccc(I)cn1. The summed E-state index contributed by atoms with van der Waals surface area (Å²) < 4.78 is 63.9. The van der Waals surface area contributed by atoms with E-state index in [1.165, 1.54) is 12.1 Å². The monoisotopic (exact) mass is 643 g/mol. The fraction of sp³-hybridized carbons (Fsp3) is 0.333. The van der Waals surface area contributed by atoms with E-state index in [4.69, 9.17) is 4.74 Å². The van der Waals surface area contributed by atoms with Crippen LogP contribution in [0.5, 0.6) is 5.75 Å². The number of urea groups is 1. The van der Waals surface area contributed by atoms with Gasteiger partial charge in [0, 0.05) is 35.4 Å². The Hall–Kier alpha value is -2.93. The van der Waals surface area contributed by atoms with Crippen LogP contribution in [0.4, 0.5) is 22.4 Å². The molecule has 6 nitrogen and oxygen atoms in total. The van der Waals surface area contributed by atoms with Gasteiger partial charge in [-0.15, -0.1) is 0 Å². The molecule has 0 unspecified atom stereocenters. The van der Waals surface area contributed by atoms with Gasteiger partial charge in [-0.1, -0.05) is 42.5 Å². The van der Waals surface area contributed by atoms with Crippen molar-refractivity contribution >= 4 is 28.6 Å². The van der Waals surface area contributed by atoms with E-state index in [-0.39, 0.29) is 12.5 Å². The molecule has 0 aliphatic carbocycles. The first kappa shape index (κ1) is 28.1. The van der Waals surface area contributed by atoms with Crippen LogP contribution in [0.25, 0.3) is 0 Å². The van der Waals surface area contributed by atoms with Crippen molar-refractivity contribution in [3.8, 4) is 5.75 Å². The molecule has 0 bridgehead atoms. The summed E-state index contributed by atoms with van der Waals surface area (Å²) >= 11 is 2.10. The zero-order valence-electron chi connectivity index (χ0n) is 20.2. The highest BCUT2D eigenvalue weighted by molar-refractivity contribution is 14.1. The van der Waals surface area contributed by atoms with E-state index in [2.05, 4.69) is 42.9 Å². The molecule has 11 heteroatoms. The first-order valence-electron chi connectivity index (χ1n) is 12.0. The van der Waals surface area contributed by atoms with Gasteiger partial charge in [0.15, 0.2) is 0 Å². The predicted octanol–water partition coefficient (Wildman–Crippen LogP) is 5.89. The maximum atomic E-state index is 13.8. The van der Waals surface area contributed by atoms with Crippen molar-refractivity contribution in [2.24, 2.45) is 0 Å². The Kier molecular flexibility index (Phi) is 9.08. The normalized spacial score (nSPS) is 16.1. The van der Waals surface area contributed by atoms with Crippen LogP contribution in [-0.2, 0) is 16.7 Å². The van der Waals surface area contributed by atoms with E-state index in [1.54, 1.807) is 18.3 Å². The lowest BCUT2D eigenvalue weighted by atomic mass is 9.80. The van der Waals surface area contributed by atoms with E-state index in [1.807, 2.05) is 36.4 Å². The van der Waals surface area contributed by atoms with E-state index in [0.717, 1.165) is 15.2 Å². The van der Waals surface area contributed by atoms with Crippen molar-refractivity contribution in [3.63, 3.8) is 0 Å². The Bertz CT molecular complexity index is 1210. The molecule has 2 heterocycles. The molecule has 0 radical (unpaired) electrons. The fourth-order valence-electron chi connectivity index (χ4n) is 4.34. The largest absolute Gasteiger partial charge is 0.461 e. The molecule has 2 amide bonds. The molecule has 1 saturated heterocycles. The third-order valence-corrected chi connectivity index (χ3v) is 6.83. The molecule has 1 fully saturated rings. The number of aromatic nitrogens is 1. The number of benzene rings is 2. The Morgan fingerprint density at radius 2 is 1.82 bits per heavy atom. The van der Waals surface area contributed by atoms with Crippen LogP contribution in [0.1, 0.15) is 29.7 Å². The maximum Gasteiger partial charge on any atom is 0.461 e. The van der Waals surface area contributed by atoms with Gasteiger partial charge in [0.05, 0.1) is 5.69 Å². The topological polar surface area (TPSA) is 72.5 Å². The lowest BCUT2D eigenvalue weighted by Crippen LogP contribution is -2.55. The van der Waals surface area contributed by atoms with Crippen LogP contribution in [0, 0.1) is 3.57 Å². The average Bonchev–Trinajstić information content (AvgIpc) is 2.89. The second kappa shape index (κ2) is 12.3. The Morgan fingerprint density at radius 3 is 2.47 bits per heavy atom. The Morgan fingerprint density at radius 1 is 1.08 bits per heavy atom.